The molecule has 1 saturated heterocycles. The van der Waals surface area contributed by atoms with E-state index in [-0.39, 0.29) is 0 Å². The van der Waals surface area contributed by atoms with Crippen LogP contribution in [0.4, 0.5) is 0 Å². The molecule has 84 valence electrons. The lowest BCUT2D eigenvalue weighted by molar-refractivity contribution is 0.0740. The Morgan fingerprint density at radius 1 is 1.29 bits per heavy atom. The molecule has 0 aliphatic carbocycles. The van der Waals surface area contributed by atoms with Crippen LogP contribution in [0.3, 0.4) is 0 Å². The van der Waals surface area contributed by atoms with Gasteiger partial charge in [-0.15, -0.1) is 0 Å². The Bertz CT molecular complexity index is 137. The van der Waals surface area contributed by atoms with E-state index in [1.165, 1.54) is 12.8 Å². The Hall–Kier alpha value is -0.120. The molecule has 14 heavy (non-hydrogen) atoms. The number of unbranched alkanes of at least 4 members (excludes halogenated alkanes) is 1. The Labute approximate surface area is 87.8 Å². The van der Waals surface area contributed by atoms with Crippen molar-refractivity contribution in [2.45, 2.75) is 32.7 Å². The molecule has 0 aromatic carbocycles. The molecule has 1 aliphatic rings. The molecule has 0 atom stereocenters. The zero-order valence-electron chi connectivity index (χ0n) is 9.59. The molecule has 0 bridgehead atoms. The quantitative estimate of drug-likeness (QED) is 0.594. The molecule has 0 aromatic rings. The van der Waals surface area contributed by atoms with Crippen LogP contribution in [0.25, 0.3) is 0 Å². The van der Waals surface area contributed by atoms with Gasteiger partial charge in [-0.25, -0.2) is 0 Å². The van der Waals surface area contributed by atoms with E-state index in [4.69, 9.17) is 4.74 Å². The molecule has 0 saturated carbocycles. The van der Waals surface area contributed by atoms with E-state index in [9.17, 15) is 0 Å². The second kappa shape index (κ2) is 7.21. The molecule has 0 unspecified atom stereocenters. The summed E-state index contributed by atoms with van der Waals surface area (Å²) in [4.78, 5) is 2.50. The van der Waals surface area contributed by atoms with Crippen molar-refractivity contribution in [2.24, 2.45) is 0 Å². The maximum atomic E-state index is 5.56. The van der Waals surface area contributed by atoms with Gasteiger partial charge in [0, 0.05) is 32.3 Å². The molecule has 1 heterocycles. The zero-order chi connectivity index (χ0) is 10.2. The van der Waals surface area contributed by atoms with Crippen LogP contribution in [-0.4, -0.2) is 50.3 Å². The van der Waals surface area contributed by atoms with Gasteiger partial charge < -0.3 is 10.1 Å². The van der Waals surface area contributed by atoms with Gasteiger partial charge in [0.1, 0.15) is 0 Å². The largest absolute Gasteiger partial charge is 0.380 e. The van der Waals surface area contributed by atoms with E-state index in [1.807, 2.05) is 0 Å². The number of nitrogens with zero attached hydrogens (tertiary/aromatic N) is 1. The normalized spacial score (nSPS) is 17.4. The van der Waals surface area contributed by atoms with Crippen molar-refractivity contribution < 1.29 is 4.74 Å². The van der Waals surface area contributed by atoms with Gasteiger partial charge in [-0.1, -0.05) is 20.3 Å². The second-order valence-electron chi connectivity index (χ2n) is 3.91. The summed E-state index contributed by atoms with van der Waals surface area (Å²) in [6, 6.07) is 0.759. The molecule has 1 fully saturated rings. The minimum absolute atomic E-state index is 0.759. The highest BCUT2D eigenvalue weighted by Gasteiger charge is 2.22. The van der Waals surface area contributed by atoms with Gasteiger partial charge in [-0.3, -0.25) is 4.90 Å². The molecule has 0 aromatic heterocycles. The lowest BCUT2D eigenvalue weighted by Crippen LogP contribution is -2.57. The third-order valence-corrected chi connectivity index (χ3v) is 2.85. The van der Waals surface area contributed by atoms with Crippen molar-refractivity contribution in [2.75, 3.05) is 39.4 Å². The van der Waals surface area contributed by atoms with Gasteiger partial charge in [0.25, 0.3) is 0 Å². The Morgan fingerprint density at radius 2 is 2.07 bits per heavy atom. The van der Waals surface area contributed by atoms with E-state index >= 15 is 0 Å². The fourth-order valence-electron chi connectivity index (χ4n) is 1.66. The smallest absolute Gasteiger partial charge is 0.0593 e. The van der Waals surface area contributed by atoms with Crippen LogP contribution < -0.4 is 5.32 Å². The highest BCUT2D eigenvalue weighted by molar-refractivity contribution is 4.83. The van der Waals surface area contributed by atoms with Crippen LogP contribution in [0.2, 0.25) is 0 Å². The number of hydrogen-bond acceptors (Lipinski definition) is 3. The molecule has 1 N–H and O–H groups in total. The summed E-state index contributed by atoms with van der Waals surface area (Å²) >= 11 is 0. The fourth-order valence-corrected chi connectivity index (χ4v) is 1.66. The first kappa shape index (κ1) is 12.0. The minimum Gasteiger partial charge on any atom is -0.380 e. The zero-order valence-corrected chi connectivity index (χ0v) is 9.59. The highest BCUT2D eigenvalue weighted by atomic mass is 16.5. The first-order chi connectivity index (χ1) is 6.88. The van der Waals surface area contributed by atoms with E-state index in [0.29, 0.717) is 0 Å². The van der Waals surface area contributed by atoms with Crippen molar-refractivity contribution in [3.8, 4) is 0 Å². The van der Waals surface area contributed by atoms with E-state index < -0.39 is 0 Å². The SMILES string of the molecule is CCCCOCCN(CC)C1CNC1. The summed E-state index contributed by atoms with van der Waals surface area (Å²) in [5.74, 6) is 0. The van der Waals surface area contributed by atoms with Gasteiger partial charge >= 0.3 is 0 Å². The van der Waals surface area contributed by atoms with Crippen molar-refractivity contribution in [3.63, 3.8) is 0 Å². The molecule has 1 aliphatic heterocycles. The average molecular weight is 200 g/mol. The second-order valence-corrected chi connectivity index (χ2v) is 3.91. The lowest BCUT2D eigenvalue weighted by Gasteiger charge is -2.37. The molecule has 0 amide bonds. The van der Waals surface area contributed by atoms with Crippen LogP contribution in [0, 0.1) is 0 Å². The number of likely N-dealkylation sites (N-methyl/N-ethyl adjacent to an activating group) is 1. The number of hydrogen-bond donors (Lipinski definition) is 1. The summed E-state index contributed by atoms with van der Waals surface area (Å²) in [5, 5.41) is 3.30. The summed E-state index contributed by atoms with van der Waals surface area (Å²) in [7, 11) is 0. The molecule has 0 spiro atoms. The van der Waals surface area contributed by atoms with Crippen molar-refractivity contribution in [1.29, 1.82) is 0 Å². The van der Waals surface area contributed by atoms with Crippen LogP contribution in [0.5, 0.6) is 0 Å². The van der Waals surface area contributed by atoms with Gasteiger partial charge in [0.2, 0.25) is 0 Å². The van der Waals surface area contributed by atoms with Crippen LogP contribution in [0.1, 0.15) is 26.7 Å². The Kier molecular flexibility index (Phi) is 6.15. The average Bonchev–Trinajstić information content (AvgIpc) is 2.12. The predicted molar refractivity (Wildman–Crippen MR) is 59.6 cm³/mol. The summed E-state index contributed by atoms with van der Waals surface area (Å²) in [5.41, 5.74) is 0. The molecular formula is C11H24N2O. The molecule has 1 rings (SSSR count). The third-order valence-electron chi connectivity index (χ3n) is 2.85. The van der Waals surface area contributed by atoms with Crippen LogP contribution >= 0.6 is 0 Å². The maximum Gasteiger partial charge on any atom is 0.0593 e. The number of nitrogens with one attached hydrogen (secondary N) is 1. The predicted octanol–water partition coefficient (Wildman–Crippen LogP) is 1.10. The molecule has 0 radical (unpaired) electrons. The van der Waals surface area contributed by atoms with Gasteiger partial charge in [0.15, 0.2) is 0 Å². The highest BCUT2D eigenvalue weighted by Crippen LogP contribution is 2.03. The van der Waals surface area contributed by atoms with Gasteiger partial charge in [-0.2, -0.15) is 0 Å². The molecule has 3 nitrogen and oxygen atoms in total. The van der Waals surface area contributed by atoms with Gasteiger partial charge in [0.05, 0.1) is 6.61 Å². The molecular weight excluding hydrogens is 176 g/mol. The summed E-state index contributed by atoms with van der Waals surface area (Å²) in [6.45, 7) is 10.8. The molecule has 3 heteroatoms. The van der Waals surface area contributed by atoms with Crippen molar-refractivity contribution >= 4 is 0 Å². The summed E-state index contributed by atoms with van der Waals surface area (Å²) < 4.78 is 5.56. The van der Waals surface area contributed by atoms with Crippen LogP contribution in [0.15, 0.2) is 0 Å². The van der Waals surface area contributed by atoms with Gasteiger partial charge in [-0.05, 0) is 13.0 Å². The van der Waals surface area contributed by atoms with E-state index in [1.54, 1.807) is 0 Å². The topological polar surface area (TPSA) is 24.5 Å². The van der Waals surface area contributed by atoms with Crippen molar-refractivity contribution in [3.05, 3.63) is 0 Å². The first-order valence-corrected chi connectivity index (χ1v) is 5.91. The maximum absolute atomic E-state index is 5.56. The fraction of sp³-hybridized carbons (Fsp3) is 1.00. The third kappa shape index (κ3) is 3.95. The van der Waals surface area contributed by atoms with Crippen LogP contribution in [-0.2, 0) is 4.74 Å². The number of ether oxygens (including phenoxy) is 1. The van der Waals surface area contributed by atoms with Crippen molar-refractivity contribution in [1.82, 2.24) is 10.2 Å². The number of rotatable bonds is 8. The Balaban J connectivity index is 1.97. The monoisotopic (exact) mass is 200 g/mol. The first-order valence-electron chi connectivity index (χ1n) is 5.91. The summed E-state index contributed by atoms with van der Waals surface area (Å²) in [6.07, 6.45) is 2.42. The minimum atomic E-state index is 0.759. The van der Waals surface area contributed by atoms with E-state index in [2.05, 4.69) is 24.1 Å². The van der Waals surface area contributed by atoms with E-state index in [0.717, 1.165) is 45.4 Å². The standard InChI is InChI=1S/C11H24N2O/c1-3-5-7-14-8-6-13(4-2)11-9-12-10-11/h11-12H,3-10H2,1-2H3. The Morgan fingerprint density at radius 3 is 2.57 bits per heavy atom. The lowest BCUT2D eigenvalue weighted by atomic mass is 10.1.